The van der Waals surface area contributed by atoms with Crippen LogP contribution in [0.1, 0.15) is 38.5 Å². The van der Waals surface area contributed by atoms with Crippen LogP contribution in [0.25, 0.3) is 0 Å². The Balaban J connectivity index is 1.77. The predicted octanol–water partition coefficient (Wildman–Crippen LogP) is 0.470. The van der Waals surface area contributed by atoms with Crippen LogP contribution in [0.2, 0.25) is 0 Å². The average molecular weight is 265 g/mol. The fourth-order valence-corrected chi connectivity index (χ4v) is 3.73. The quantitative estimate of drug-likeness (QED) is 0.700. The standard InChI is InChI=1S/C13H19N3O3/c1-15-8-3-2-4-9(15)6-10(5-8)16-12(18)7-11(17)14-13(16)19/h8-10H,2-7H2,1H3,(H,14,17,19). The largest absolute Gasteiger partial charge is 0.331 e. The van der Waals surface area contributed by atoms with Crippen LogP contribution >= 0.6 is 0 Å². The number of rotatable bonds is 1. The number of nitrogens with one attached hydrogen (secondary N) is 1. The molecule has 6 nitrogen and oxygen atoms in total. The van der Waals surface area contributed by atoms with Crippen LogP contribution in [-0.2, 0) is 9.59 Å². The molecule has 0 saturated carbocycles. The van der Waals surface area contributed by atoms with Gasteiger partial charge in [0.1, 0.15) is 6.42 Å². The molecule has 4 amide bonds. The molecule has 104 valence electrons. The van der Waals surface area contributed by atoms with Gasteiger partial charge in [-0.3, -0.25) is 19.8 Å². The van der Waals surface area contributed by atoms with E-state index in [1.54, 1.807) is 0 Å². The summed E-state index contributed by atoms with van der Waals surface area (Å²) in [6.45, 7) is 0. The maximum absolute atomic E-state index is 11.9. The summed E-state index contributed by atoms with van der Waals surface area (Å²) in [5.41, 5.74) is 0. The molecule has 2 unspecified atom stereocenters. The van der Waals surface area contributed by atoms with Crippen LogP contribution in [0.4, 0.5) is 4.79 Å². The van der Waals surface area contributed by atoms with Gasteiger partial charge in [0.25, 0.3) is 0 Å². The summed E-state index contributed by atoms with van der Waals surface area (Å²) in [5.74, 6) is -0.833. The first-order chi connectivity index (χ1) is 9.06. The second kappa shape index (κ2) is 4.59. The van der Waals surface area contributed by atoms with Crippen LogP contribution < -0.4 is 5.32 Å². The molecule has 2 atom stereocenters. The number of hydrogen-bond donors (Lipinski definition) is 1. The number of piperidine rings is 2. The molecule has 0 aliphatic carbocycles. The maximum atomic E-state index is 11.9. The first-order valence-electron chi connectivity index (χ1n) is 6.94. The highest BCUT2D eigenvalue weighted by atomic mass is 16.2. The number of fused-ring (bicyclic) bond motifs is 2. The predicted molar refractivity (Wildman–Crippen MR) is 67.2 cm³/mol. The topological polar surface area (TPSA) is 69.7 Å². The van der Waals surface area contributed by atoms with Crippen molar-refractivity contribution in [1.82, 2.24) is 15.1 Å². The van der Waals surface area contributed by atoms with Gasteiger partial charge in [-0.2, -0.15) is 0 Å². The van der Waals surface area contributed by atoms with E-state index >= 15 is 0 Å². The van der Waals surface area contributed by atoms with E-state index in [4.69, 9.17) is 0 Å². The van der Waals surface area contributed by atoms with Gasteiger partial charge in [-0.25, -0.2) is 4.79 Å². The van der Waals surface area contributed by atoms with Crippen molar-refractivity contribution in [3.8, 4) is 0 Å². The molecule has 0 radical (unpaired) electrons. The van der Waals surface area contributed by atoms with Crippen molar-refractivity contribution in [2.45, 2.75) is 56.7 Å². The van der Waals surface area contributed by atoms with E-state index in [0.717, 1.165) is 25.7 Å². The third-order valence-electron chi connectivity index (χ3n) is 4.73. The minimum Gasteiger partial charge on any atom is -0.300 e. The molecule has 0 aromatic heterocycles. The van der Waals surface area contributed by atoms with Crippen LogP contribution in [0, 0.1) is 0 Å². The van der Waals surface area contributed by atoms with Crippen molar-refractivity contribution in [1.29, 1.82) is 0 Å². The lowest BCUT2D eigenvalue weighted by Gasteiger charge is -2.49. The van der Waals surface area contributed by atoms with Gasteiger partial charge in [0.2, 0.25) is 11.8 Å². The van der Waals surface area contributed by atoms with Gasteiger partial charge in [0.05, 0.1) is 0 Å². The zero-order chi connectivity index (χ0) is 13.6. The van der Waals surface area contributed by atoms with Gasteiger partial charge in [-0.15, -0.1) is 0 Å². The summed E-state index contributed by atoms with van der Waals surface area (Å²) in [5, 5.41) is 2.25. The zero-order valence-corrected chi connectivity index (χ0v) is 11.1. The van der Waals surface area contributed by atoms with Crippen molar-refractivity contribution in [3.63, 3.8) is 0 Å². The molecule has 3 fully saturated rings. The normalized spacial score (nSPS) is 36.4. The smallest absolute Gasteiger partial charge is 0.300 e. The minimum absolute atomic E-state index is 0.0490. The Morgan fingerprint density at radius 2 is 1.68 bits per heavy atom. The first kappa shape index (κ1) is 12.6. The van der Waals surface area contributed by atoms with Crippen LogP contribution in [0.3, 0.4) is 0 Å². The van der Waals surface area contributed by atoms with E-state index in [1.807, 2.05) is 0 Å². The Kier molecular flexibility index (Phi) is 3.05. The van der Waals surface area contributed by atoms with Gasteiger partial charge in [0, 0.05) is 18.1 Å². The SMILES string of the molecule is CN1C2CCCC1CC(N1C(=O)CC(=O)NC1=O)C2. The Labute approximate surface area is 112 Å². The number of carbonyl (C=O) groups is 3. The van der Waals surface area contributed by atoms with Gasteiger partial charge in [0.15, 0.2) is 0 Å². The van der Waals surface area contributed by atoms with Crippen molar-refractivity contribution < 1.29 is 14.4 Å². The van der Waals surface area contributed by atoms with Gasteiger partial charge < -0.3 is 4.90 Å². The molecule has 3 saturated heterocycles. The molecule has 3 aliphatic rings. The fraction of sp³-hybridized carbons (Fsp3) is 0.769. The molecule has 3 heterocycles. The number of nitrogens with zero attached hydrogens (tertiary/aromatic N) is 2. The number of barbiturate groups is 1. The van der Waals surface area contributed by atoms with E-state index < -0.39 is 11.9 Å². The Morgan fingerprint density at radius 3 is 2.26 bits per heavy atom. The summed E-state index contributed by atoms with van der Waals surface area (Å²) in [7, 11) is 2.13. The van der Waals surface area contributed by atoms with Crippen LogP contribution in [0.15, 0.2) is 0 Å². The highest BCUT2D eigenvalue weighted by Crippen LogP contribution is 2.35. The molecule has 1 N–H and O–H groups in total. The Morgan fingerprint density at radius 1 is 1.05 bits per heavy atom. The number of amides is 4. The first-order valence-corrected chi connectivity index (χ1v) is 6.94. The molecule has 3 aliphatic heterocycles. The summed E-state index contributed by atoms with van der Waals surface area (Å²) in [6.07, 6.45) is 4.96. The molecule has 2 bridgehead atoms. The number of hydrogen-bond acceptors (Lipinski definition) is 4. The fourth-order valence-electron chi connectivity index (χ4n) is 3.73. The molecular formula is C13H19N3O3. The monoisotopic (exact) mass is 265 g/mol. The second-order valence-electron chi connectivity index (χ2n) is 5.82. The summed E-state index contributed by atoms with van der Waals surface area (Å²) in [6, 6.07) is 0.326. The Bertz CT molecular complexity index is 403. The summed E-state index contributed by atoms with van der Waals surface area (Å²) >= 11 is 0. The molecule has 0 aromatic carbocycles. The van der Waals surface area contributed by atoms with Crippen LogP contribution in [0.5, 0.6) is 0 Å². The van der Waals surface area contributed by atoms with Gasteiger partial charge >= 0.3 is 6.03 Å². The molecule has 19 heavy (non-hydrogen) atoms. The molecule has 6 heteroatoms. The van der Waals surface area contributed by atoms with Crippen molar-refractivity contribution in [2.75, 3.05) is 7.05 Å². The van der Waals surface area contributed by atoms with Gasteiger partial charge in [-0.05, 0) is 32.7 Å². The van der Waals surface area contributed by atoms with E-state index in [2.05, 4.69) is 17.3 Å². The third kappa shape index (κ3) is 2.14. The third-order valence-corrected chi connectivity index (χ3v) is 4.73. The maximum Gasteiger partial charge on any atom is 0.331 e. The van der Waals surface area contributed by atoms with E-state index in [1.165, 1.54) is 11.3 Å². The number of carbonyl (C=O) groups excluding carboxylic acids is 3. The molecule has 3 rings (SSSR count). The summed E-state index contributed by atoms with van der Waals surface area (Å²) in [4.78, 5) is 38.7. The number of urea groups is 1. The van der Waals surface area contributed by atoms with Crippen molar-refractivity contribution >= 4 is 17.8 Å². The van der Waals surface area contributed by atoms with Crippen LogP contribution in [-0.4, -0.2) is 52.8 Å². The van der Waals surface area contributed by atoms with Crippen molar-refractivity contribution in [3.05, 3.63) is 0 Å². The molecular weight excluding hydrogens is 246 g/mol. The average Bonchev–Trinajstić information content (AvgIpc) is 2.28. The van der Waals surface area contributed by atoms with E-state index in [-0.39, 0.29) is 18.4 Å². The van der Waals surface area contributed by atoms with Gasteiger partial charge in [-0.1, -0.05) is 6.42 Å². The Hall–Kier alpha value is -1.43. The zero-order valence-electron chi connectivity index (χ0n) is 11.1. The lowest BCUT2D eigenvalue weighted by molar-refractivity contribution is -0.139. The van der Waals surface area contributed by atoms with Crippen molar-refractivity contribution in [2.24, 2.45) is 0 Å². The second-order valence-corrected chi connectivity index (χ2v) is 5.82. The lowest BCUT2D eigenvalue weighted by Crippen LogP contribution is -2.62. The molecule has 0 aromatic rings. The highest BCUT2D eigenvalue weighted by molar-refractivity contribution is 6.14. The molecule has 0 spiro atoms. The van der Waals surface area contributed by atoms with E-state index in [9.17, 15) is 14.4 Å². The minimum atomic E-state index is -0.533. The lowest BCUT2D eigenvalue weighted by atomic mass is 9.81. The summed E-state index contributed by atoms with van der Waals surface area (Å²) < 4.78 is 0. The van der Waals surface area contributed by atoms with E-state index in [0.29, 0.717) is 12.1 Å². The number of imide groups is 2. The highest BCUT2D eigenvalue weighted by Gasteiger charge is 2.43.